The summed E-state index contributed by atoms with van der Waals surface area (Å²) in [6.45, 7) is 0. The standard InChI is InChI=1S/C17H12Cl2N2S/c18-14-4-2-13(3-5-14)17(12-22)20-10-1-11-21(17)16-8-6-15(19)7-9-16/h1-12H. The highest BCUT2D eigenvalue weighted by Crippen LogP contribution is 2.36. The largest absolute Gasteiger partial charge is 0.315 e. The van der Waals surface area contributed by atoms with Crippen LogP contribution in [0.15, 0.2) is 65.8 Å². The lowest BCUT2D eigenvalue weighted by atomic mass is 9.98. The molecule has 0 radical (unpaired) electrons. The summed E-state index contributed by atoms with van der Waals surface area (Å²) in [5.41, 5.74) is 1.12. The number of rotatable bonds is 3. The van der Waals surface area contributed by atoms with Gasteiger partial charge in [-0.25, -0.2) is 0 Å². The van der Waals surface area contributed by atoms with Crippen LogP contribution in [0.2, 0.25) is 10.0 Å². The Balaban J connectivity index is 2.12. The predicted molar refractivity (Wildman–Crippen MR) is 98.3 cm³/mol. The Labute approximate surface area is 144 Å². The topological polar surface area (TPSA) is 15.6 Å². The van der Waals surface area contributed by atoms with E-state index in [-0.39, 0.29) is 0 Å². The molecule has 1 aliphatic rings. The fourth-order valence-electron chi connectivity index (χ4n) is 2.41. The molecule has 0 aromatic heterocycles. The number of allylic oxidation sites excluding steroid dienone is 1. The van der Waals surface area contributed by atoms with Crippen molar-refractivity contribution in [2.75, 3.05) is 4.90 Å². The summed E-state index contributed by atoms with van der Waals surface area (Å²) in [7, 11) is 0. The van der Waals surface area contributed by atoms with Crippen molar-refractivity contribution in [1.82, 2.24) is 0 Å². The minimum absolute atomic E-state index is 0.677. The summed E-state index contributed by atoms with van der Waals surface area (Å²) < 4.78 is 0. The molecule has 1 unspecified atom stereocenters. The number of hydrogen-bond acceptors (Lipinski definition) is 3. The van der Waals surface area contributed by atoms with E-state index in [1.165, 1.54) is 0 Å². The quantitative estimate of drug-likeness (QED) is 0.705. The molecule has 0 amide bonds. The second kappa shape index (κ2) is 6.21. The second-order valence-electron chi connectivity index (χ2n) is 4.82. The monoisotopic (exact) mass is 346 g/mol. The van der Waals surface area contributed by atoms with Gasteiger partial charge in [0.05, 0.1) is 0 Å². The number of benzene rings is 2. The zero-order chi connectivity index (χ0) is 15.6. The molecular weight excluding hydrogens is 335 g/mol. The molecule has 0 saturated heterocycles. The lowest BCUT2D eigenvalue weighted by Crippen LogP contribution is -2.44. The highest BCUT2D eigenvalue weighted by Gasteiger charge is 2.36. The molecule has 0 bridgehead atoms. The van der Waals surface area contributed by atoms with Crippen molar-refractivity contribution in [3.05, 3.63) is 76.4 Å². The highest BCUT2D eigenvalue weighted by atomic mass is 35.5. The first kappa shape index (κ1) is 15.2. The Kier molecular flexibility index (Phi) is 4.30. The van der Waals surface area contributed by atoms with Gasteiger partial charge < -0.3 is 4.90 Å². The highest BCUT2D eigenvalue weighted by molar-refractivity contribution is 7.79. The number of thiocarbonyl (C=S) groups is 1. The lowest BCUT2D eigenvalue weighted by molar-refractivity contribution is 0.629. The summed E-state index contributed by atoms with van der Waals surface area (Å²) in [4.78, 5) is 6.65. The number of anilines is 1. The molecule has 110 valence electrons. The molecule has 0 fully saturated rings. The Bertz CT molecular complexity index is 738. The Morgan fingerprint density at radius 2 is 1.55 bits per heavy atom. The SMILES string of the molecule is S=CC1(c2ccc(Cl)cc2)N=CC=CN1c1ccc(Cl)cc1. The van der Waals surface area contributed by atoms with E-state index in [1.54, 1.807) is 11.6 Å². The van der Waals surface area contributed by atoms with Crippen molar-refractivity contribution >= 4 is 52.7 Å². The van der Waals surface area contributed by atoms with Crippen LogP contribution in [0.3, 0.4) is 0 Å². The first-order valence-electron chi connectivity index (χ1n) is 6.65. The van der Waals surface area contributed by atoms with E-state index in [0.717, 1.165) is 11.3 Å². The molecule has 2 aromatic carbocycles. The molecule has 22 heavy (non-hydrogen) atoms. The average Bonchev–Trinajstić information content (AvgIpc) is 2.56. The van der Waals surface area contributed by atoms with E-state index in [4.69, 9.17) is 35.4 Å². The molecule has 1 heterocycles. The van der Waals surface area contributed by atoms with Crippen LogP contribution in [-0.4, -0.2) is 11.6 Å². The number of halogens is 2. The van der Waals surface area contributed by atoms with Crippen molar-refractivity contribution in [2.24, 2.45) is 4.99 Å². The van der Waals surface area contributed by atoms with Gasteiger partial charge in [-0.05, 0) is 42.5 Å². The third-order valence-electron chi connectivity index (χ3n) is 3.50. The van der Waals surface area contributed by atoms with Gasteiger partial charge in [-0.1, -0.05) is 47.6 Å². The number of aliphatic imine (C=N–C) groups is 1. The zero-order valence-electron chi connectivity index (χ0n) is 11.5. The molecule has 0 saturated carbocycles. The van der Waals surface area contributed by atoms with Crippen LogP contribution in [-0.2, 0) is 5.66 Å². The van der Waals surface area contributed by atoms with E-state index < -0.39 is 5.66 Å². The molecule has 0 N–H and O–H groups in total. The molecule has 5 heteroatoms. The van der Waals surface area contributed by atoms with Gasteiger partial charge in [-0.15, -0.1) is 0 Å². The van der Waals surface area contributed by atoms with Crippen molar-refractivity contribution in [3.63, 3.8) is 0 Å². The molecule has 0 aliphatic carbocycles. The van der Waals surface area contributed by atoms with Gasteiger partial charge in [0, 0.05) is 39.1 Å². The maximum atomic E-state index is 5.99. The van der Waals surface area contributed by atoms with Crippen LogP contribution in [0.25, 0.3) is 0 Å². The molecule has 2 aromatic rings. The average molecular weight is 347 g/mol. The molecular formula is C17H12Cl2N2S. The second-order valence-corrected chi connectivity index (χ2v) is 5.93. The molecule has 1 aliphatic heterocycles. The third kappa shape index (κ3) is 2.68. The van der Waals surface area contributed by atoms with Crippen LogP contribution < -0.4 is 4.90 Å². The van der Waals surface area contributed by atoms with Gasteiger partial charge in [0.25, 0.3) is 0 Å². The Morgan fingerprint density at radius 3 is 2.14 bits per heavy atom. The van der Waals surface area contributed by atoms with Crippen LogP contribution >= 0.6 is 35.4 Å². The number of hydrogen-bond donors (Lipinski definition) is 0. The van der Waals surface area contributed by atoms with Crippen molar-refractivity contribution in [1.29, 1.82) is 0 Å². The van der Waals surface area contributed by atoms with E-state index in [1.807, 2.05) is 65.7 Å². The van der Waals surface area contributed by atoms with Gasteiger partial charge in [0.2, 0.25) is 0 Å². The zero-order valence-corrected chi connectivity index (χ0v) is 13.8. The molecule has 0 spiro atoms. The van der Waals surface area contributed by atoms with E-state index >= 15 is 0 Å². The van der Waals surface area contributed by atoms with Crippen LogP contribution in [0.4, 0.5) is 5.69 Å². The van der Waals surface area contributed by atoms with Crippen LogP contribution in [0, 0.1) is 0 Å². The minimum atomic E-state index is -0.775. The Hall–Kier alpha value is -1.68. The molecule has 1 atom stereocenters. The normalized spacial score (nSPS) is 20.2. The van der Waals surface area contributed by atoms with Crippen molar-refractivity contribution < 1.29 is 0 Å². The van der Waals surface area contributed by atoms with Gasteiger partial charge in [-0.2, -0.15) is 0 Å². The van der Waals surface area contributed by atoms with E-state index in [2.05, 4.69) is 4.99 Å². The predicted octanol–water partition coefficient (Wildman–Crippen LogP) is 5.25. The smallest absolute Gasteiger partial charge is 0.191 e. The van der Waals surface area contributed by atoms with Gasteiger partial charge >= 0.3 is 0 Å². The first-order valence-corrected chi connectivity index (χ1v) is 7.88. The summed E-state index contributed by atoms with van der Waals surface area (Å²) in [6.07, 6.45) is 5.58. The van der Waals surface area contributed by atoms with Gasteiger partial charge in [0.15, 0.2) is 5.66 Å². The fourth-order valence-corrected chi connectivity index (χ4v) is 2.97. The number of nitrogens with zero attached hydrogens (tertiary/aromatic N) is 2. The summed E-state index contributed by atoms with van der Waals surface area (Å²) in [5.74, 6) is 0. The van der Waals surface area contributed by atoms with Crippen molar-refractivity contribution in [3.8, 4) is 0 Å². The van der Waals surface area contributed by atoms with Gasteiger partial charge in [-0.3, -0.25) is 4.99 Å². The Morgan fingerprint density at radius 1 is 0.955 bits per heavy atom. The van der Waals surface area contributed by atoms with E-state index in [0.29, 0.717) is 10.0 Å². The summed E-state index contributed by atoms with van der Waals surface area (Å²) in [5, 5.41) is 3.02. The minimum Gasteiger partial charge on any atom is -0.315 e. The van der Waals surface area contributed by atoms with E-state index in [9.17, 15) is 0 Å². The summed E-state index contributed by atoms with van der Waals surface area (Å²) in [6, 6.07) is 15.1. The molecule has 2 nitrogen and oxygen atoms in total. The van der Waals surface area contributed by atoms with Crippen molar-refractivity contribution in [2.45, 2.75) is 5.66 Å². The summed E-state index contributed by atoms with van der Waals surface area (Å²) >= 11 is 17.3. The lowest BCUT2D eigenvalue weighted by Gasteiger charge is -2.39. The maximum absolute atomic E-state index is 5.99. The van der Waals surface area contributed by atoms with Gasteiger partial charge in [0.1, 0.15) is 0 Å². The molecule has 3 rings (SSSR count). The maximum Gasteiger partial charge on any atom is 0.191 e. The van der Waals surface area contributed by atoms with Crippen LogP contribution in [0.1, 0.15) is 5.56 Å². The van der Waals surface area contributed by atoms with Crippen LogP contribution in [0.5, 0.6) is 0 Å². The fraction of sp³-hybridized carbons (Fsp3) is 0.0588. The third-order valence-corrected chi connectivity index (χ3v) is 4.33. The first-order chi connectivity index (χ1) is 10.7.